The summed E-state index contributed by atoms with van der Waals surface area (Å²) in [6, 6.07) is 2.28. The first-order valence-corrected chi connectivity index (χ1v) is 10.4. The summed E-state index contributed by atoms with van der Waals surface area (Å²) in [5, 5.41) is 20.2. The van der Waals surface area contributed by atoms with Gasteiger partial charge in [-0.15, -0.1) is 0 Å². The highest BCUT2D eigenvalue weighted by atomic mass is 16.6. The number of hydrogen-bond donors (Lipinski definition) is 1. The number of imide groups is 1. The summed E-state index contributed by atoms with van der Waals surface area (Å²) >= 11 is 0. The van der Waals surface area contributed by atoms with E-state index in [2.05, 4.69) is 0 Å². The van der Waals surface area contributed by atoms with Gasteiger partial charge < -0.3 is 9.84 Å². The summed E-state index contributed by atoms with van der Waals surface area (Å²) < 4.78 is 5.61. The van der Waals surface area contributed by atoms with Crippen molar-refractivity contribution in [3.05, 3.63) is 33.4 Å². The van der Waals surface area contributed by atoms with Crippen molar-refractivity contribution in [2.45, 2.75) is 57.8 Å². The Bertz CT molecular complexity index is 846. The maximum Gasteiger partial charge on any atom is 0.311 e. The van der Waals surface area contributed by atoms with E-state index in [0.29, 0.717) is 0 Å². The summed E-state index contributed by atoms with van der Waals surface area (Å²) in [4.78, 5) is 47.2. The number of nitro groups is 1. The minimum Gasteiger partial charge on any atom is -0.487 e. The fourth-order valence-corrected chi connectivity index (χ4v) is 4.17. The number of unbranched alkanes of at least 4 members (excludes halogenated alkanes) is 1. The Morgan fingerprint density at radius 3 is 2.43 bits per heavy atom. The third-order valence-electron chi connectivity index (χ3n) is 5.79. The van der Waals surface area contributed by atoms with Crippen molar-refractivity contribution >= 4 is 23.5 Å². The van der Waals surface area contributed by atoms with E-state index in [4.69, 9.17) is 9.84 Å². The Balaban J connectivity index is 1.64. The largest absolute Gasteiger partial charge is 0.487 e. The van der Waals surface area contributed by atoms with E-state index in [1.165, 1.54) is 38.2 Å². The van der Waals surface area contributed by atoms with Gasteiger partial charge in [0.15, 0.2) is 5.75 Å². The number of rotatable bonds is 10. The topological polar surface area (TPSA) is 127 Å². The van der Waals surface area contributed by atoms with Crippen LogP contribution in [-0.2, 0) is 4.79 Å². The van der Waals surface area contributed by atoms with Crippen LogP contribution in [0.3, 0.4) is 0 Å². The minimum absolute atomic E-state index is 0.00759. The second kappa shape index (κ2) is 9.69. The van der Waals surface area contributed by atoms with Gasteiger partial charge in [0.05, 0.1) is 29.1 Å². The number of carbonyl (C=O) groups excluding carboxylic acids is 2. The van der Waals surface area contributed by atoms with Crippen LogP contribution in [0, 0.1) is 16.0 Å². The summed E-state index contributed by atoms with van der Waals surface area (Å²) in [6.45, 7) is 0.00401. The number of ether oxygens (including phenoxy) is 1. The molecule has 1 aliphatic carbocycles. The molecule has 0 radical (unpaired) electrons. The van der Waals surface area contributed by atoms with Crippen molar-refractivity contribution in [2.75, 3.05) is 13.2 Å². The van der Waals surface area contributed by atoms with E-state index in [9.17, 15) is 24.5 Å². The van der Waals surface area contributed by atoms with Crippen molar-refractivity contribution in [3.8, 4) is 5.75 Å². The first-order valence-electron chi connectivity index (χ1n) is 10.4. The number of hydrogen-bond acceptors (Lipinski definition) is 6. The van der Waals surface area contributed by atoms with Gasteiger partial charge in [0.2, 0.25) is 0 Å². The highest BCUT2D eigenvalue weighted by Crippen LogP contribution is 2.35. The molecule has 2 amide bonds. The van der Waals surface area contributed by atoms with Gasteiger partial charge in [-0.2, -0.15) is 0 Å². The van der Waals surface area contributed by atoms with Crippen LogP contribution < -0.4 is 4.74 Å². The van der Waals surface area contributed by atoms with Crippen LogP contribution in [0.25, 0.3) is 0 Å². The molecule has 2 aliphatic rings. The molecule has 0 aromatic heterocycles. The van der Waals surface area contributed by atoms with E-state index in [1.807, 2.05) is 0 Å². The first kappa shape index (κ1) is 21.7. The van der Waals surface area contributed by atoms with Gasteiger partial charge in [-0.1, -0.05) is 38.5 Å². The number of benzene rings is 1. The van der Waals surface area contributed by atoms with Crippen LogP contribution in [-0.4, -0.2) is 45.9 Å². The number of amides is 2. The lowest BCUT2D eigenvalue weighted by Gasteiger charge is -2.21. The zero-order valence-electron chi connectivity index (χ0n) is 16.8. The van der Waals surface area contributed by atoms with Crippen LogP contribution in [0.4, 0.5) is 5.69 Å². The molecule has 30 heavy (non-hydrogen) atoms. The molecular weight excluding hydrogens is 392 g/mol. The van der Waals surface area contributed by atoms with Crippen molar-refractivity contribution in [1.82, 2.24) is 4.90 Å². The van der Waals surface area contributed by atoms with Gasteiger partial charge in [0.25, 0.3) is 11.8 Å². The van der Waals surface area contributed by atoms with Crippen LogP contribution >= 0.6 is 0 Å². The predicted octanol–water partition coefficient (Wildman–Crippen LogP) is 3.79. The molecule has 9 nitrogen and oxygen atoms in total. The van der Waals surface area contributed by atoms with Crippen LogP contribution in [0.2, 0.25) is 0 Å². The minimum atomic E-state index is -1.14. The van der Waals surface area contributed by atoms with E-state index in [1.54, 1.807) is 0 Å². The van der Waals surface area contributed by atoms with Crippen molar-refractivity contribution in [3.63, 3.8) is 0 Å². The van der Waals surface area contributed by atoms with Crippen molar-refractivity contribution in [1.29, 1.82) is 0 Å². The molecule has 1 aromatic carbocycles. The van der Waals surface area contributed by atoms with Crippen molar-refractivity contribution < 1.29 is 29.2 Å². The van der Waals surface area contributed by atoms with Crippen LogP contribution in [0.1, 0.15) is 78.5 Å². The molecule has 0 atom stereocenters. The zero-order chi connectivity index (χ0) is 21.7. The average molecular weight is 418 g/mol. The van der Waals surface area contributed by atoms with Gasteiger partial charge in [-0.25, -0.2) is 0 Å². The average Bonchev–Trinajstić information content (AvgIpc) is 2.95. The fourth-order valence-electron chi connectivity index (χ4n) is 4.17. The molecule has 9 heteroatoms. The molecule has 1 aromatic rings. The standard InChI is InChI=1S/C21H26N2O7/c24-19(25)9-10-22-20(26)15-12-17(23(28)29)18(13-16(15)21(22)27)30-11-5-4-8-14-6-2-1-3-7-14/h12-14H,1-11H2,(H,24,25). The maximum atomic E-state index is 12.5. The van der Waals surface area contributed by atoms with E-state index in [0.717, 1.165) is 36.1 Å². The van der Waals surface area contributed by atoms with Gasteiger partial charge in [-0.05, 0) is 18.8 Å². The monoisotopic (exact) mass is 418 g/mol. The molecular formula is C21H26N2O7. The Morgan fingerprint density at radius 1 is 1.13 bits per heavy atom. The molecule has 1 fully saturated rings. The molecule has 0 spiro atoms. The van der Waals surface area contributed by atoms with E-state index >= 15 is 0 Å². The van der Waals surface area contributed by atoms with E-state index < -0.39 is 29.1 Å². The second-order valence-electron chi connectivity index (χ2n) is 7.88. The Labute approximate surface area is 174 Å². The van der Waals surface area contributed by atoms with E-state index in [-0.39, 0.29) is 35.7 Å². The molecule has 1 N–H and O–H groups in total. The molecule has 0 saturated heterocycles. The number of aliphatic carboxylic acids is 1. The second-order valence-corrected chi connectivity index (χ2v) is 7.88. The molecule has 1 saturated carbocycles. The van der Waals surface area contributed by atoms with Gasteiger partial charge >= 0.3 is 11.7 Å². The maximum absolute atomic E-state index is 12.5. The van der Waals surface area contributed by atoms with Crippen LogP contribution in [0.5, 0.6) is 5.75 Å². The SMILES string of the molecule is O=C(O)CCN1C(=O)c2cc(OCCCCC3CCCCC3)c([N+](=O)[O-])cc2C1=O. The quantitative estimate of drug-likeness (QED) is 0.265. The summed E-state index contributed by atoms with van der Waals surface area (Å²) in [5.74, 6) is -1.81. The normalized spacial score (nSPS) is 16.6. The Kier molecular flexibility index (Phi) is 7.02. The predicted molar refractivity (Wildman–Crippen MR) is 107 cm³/mol. The number of carbonyl (C=O) groups is 3. The highest BCUT2D eigenvalue weighted by molar-refractivity contribution is 6.22. The summed E-state index contributed by atoms with van der Waals surface area (Å²) in [7, 11) is 0. The number of carboxylic acid groups (broad SMARTS) is 1. The Hall–Kier alpha value is -2.97. The van der Waals surface area contributed by atoms with Crippen LogP contribution in [0.15, 0.2) is 12.1 Å². The zero-order valence-corrected chi connectivity index (χ0v) is 16.8. The number of nitro benzene ring substituents is 1. The third-order valence-corrected chi connectivity index (χ3v) is 5.79. The van der Waals surface area contributed by atoms with Gasteiger partial charge in [0, 0.05) is 18.7 Å². The first-order chi connectivity index (χ1) is 14.4. The summed E-state index contributed by atoms with van der Waals surface area (Å²) in [5.41, 5.74) is -0.461. The molecule has 3 rings (SSSR count). The molecule has 1 heterocycles. The van der Waals surface area contributed by atoms with Crippen molar-refractivity contribution in [2.24, 2.45) is 5.92 Å². The third kappa shape index (κ3) is 4.95. The number of nitrogens with zero attached hydrogens (tertiary/aromatic N) is 2. The number of fused-ring (bicyclic) bond motifs is 1. The summed E-state index contributed by atoms with van der Waals surface area (Å²) in [6.07, 6.45) is 8.90. The molecule has 162 valence electrons. The molecule has 0 unspecified atom stereocenters. The molecule has 1 aliphatic heterocycles. The highest BCUT2D eigenvalue weighted by Gasteiger charge is 2.38. The van der Waals surface area contributed by atoms with Gasteiger partial charge in [0.1, 0.15) is 0 Å². The smallest absolute Gasteiger partial charge is 0.311 e. The van der Waals surface area contributed by atoms with Gasteiger partial charge in [-0.3, -0.25) is 29.4 Å². The number of carboxylic acids is 1. The Morgan fingerprint density at radius 2 is 1.80 bits per heavy atom. The lowest BCUT2D eigenvalue weighted by molar-refractivity contribution is -0.385. The fraction of sp³-hybridized carbons (Fsp3) is 0.571. The lowest BCUT2D eigenvalue weighted by Crippen LogP contribution is -2.31. The molecule has 0 bridgehead atoms. The lowest BCUT2D eigenvalue weighted by atomic mass is 9.86.